The molecule has 0 spiro atoms. The van der Waals surface area contributed by atoms with Crippen molar-refractivity contribution in [2.45, 2.75) is 19.1 Å². The number of benzene rings is 1. The van der Waals surface area contributed by atoms with Gasteiger partial charge in [-0.05, 0) is 25.1 Å². The van der Waals surface area contributed by atoms with Gasteiger partial charge >= 0.3 is 6.18 Å². The Morgan fingerprint density at radius 1 is 1.40 bits per heavy atom. The molecule has 4 nitrogen and oxygen atoms in total. The molecule has 108 valence electrons. The summed E-state index contributed by atoms with van der Waals surface area (Å²) in [7, 11) is 3.15. The second-order valence-corrected chi connectivity index (χ2v) is 4.47. The average Bonchev–Trinajstić information content (AvgIpc) is 2.36. The summed E-state index contributed by atoms with van der Waals surface area (Å²) in [6.45, 7) is 1.59. The number of hydrogen-bond acceptors (Lipinski definition) is 3. The van der Waals surface area contributed by atoms with Crippen LogP contribution in [0.4, 0.5) is 18.9 Å². The first-order chi connectivity index (χ1) is 9.16. The summed E-state index contributed by atoms with van der Waals surface area (Å²) < 4.78 is 37.9. The lowest BCUT2D eigenvalue weighted by atomic mass is 10.1. The zero-order valence-corrected chi connectivity index (χ0v) is 11.2. The Morgan fingerprint density at radius 2 is 2.00 bits per heavy atom. The summed E-state index contributed by atoms with van der Waals surface area (Å²) in [4.78, 5) is 13.0. The molecule has 0 saturated carbocycles. The Labute approximate surface area is 114 Å². The van der Waals surface area contributed by atoms with Crippen molar-refractivity contribution in [1.29, 1.82) is 5.26 Å². The zero-order valence-electron chi connectivity index (χ0n) is 11.2. The Balaban J connectivity index is 3.01. The van der Waals surface area contributed by atoms with E-state index in [9.17, 15) is 18.0 Å². The molecular formula is C13H14F3N3O. The van der Waals surface area contributed by atoms with Crippen LogP contribution in [-0.4, -0.2) is 30.9 Å². The second-order valence-electron chi connectivity index (χ2n) is 4.47. The lowest BCUT2D eigenvalue weighted by Gasteiger charge is -2.19. The summed E-state index contributed by atoms with van der Waals surface area (Å²) in [5, 5.41) is 11.6. The number of amides is 1. The fourth-order valence-corrected chi connectivity index (χ4v) is 1.67. The van der Waals surface area contributed by atoms with Gasteiger partial charge in [-0.15, -0.1) is 0 Å². The van der Waals surface area contributed by atoms with Crippen molar-refractivity contribution in [3.8, 4) is 6.07 Å². The number of carbonyl (C=O) groups is 1. The van der Waals surface area contributed by atoms with Crippen LogP contribution in [0.1, 0.15) is 18.1 Å². The predicted octanol–water partition coefficient (Wildman–Crippen LogP) is 2.47. The summed E-state index contributed by atoms with van der Waals surface area (Å²) >= 11 is 0. The van der Waals surface area contributed by atoms with Gasteiger partial charge in [-0.3, -0.25) is 4.79 Å². The van der Waals surface area contributed by atoms with Gasteiger partial charge in [-0.2, -0.15) is 18.4 Å². The van der Waals surface area contributed by atoms with Gasteiger partial charge in [-0.1, -0.05) is 0 Å². The number of alkyl halides is 3. The third-order valence-electron chi connectivity index (χ3n) is 2.64. The molecule has 1 aromatic rings. The Bertz CT molecular complexity index is 547. The van der Waals surface area contributed by atoms with Gasteiger partial charge in [0.2, 0.25) is 5.91 Å². The Morgan fingerprint density at radius 3 is 2.45 bits per heavy atom. The molecule has 0 aromatic heterocycles. The van der Waals surface area contributed by atoms with E-state index in [4.69, 9.17) is 5.26 Å². The van der Waals surface area contributed by atoms with E-state index in [1.807, 2.05) is 0 Å². The molecule has 1 atom stereocenters. The second kappa shape index (κ2) is 5.82. The van der Waals surface area contributed by atoms with E-state index in [1.165, 1.54) is 17.0 Å². The monoisotopic (exact) mass is 285 g/mol. The average molecular weight is 285 g/mol. The van der Waals surface area contributed by atoms with Gasteiger partial charge in [0.15, 0.2) is 0 Å². The maximum atomic E-state index is 12.6. The minimum atomic E-state index is -4.57. The van der Waals surface area contributed by atoms with Crippen LogP contribution in [0.3, 0.4) is 0 Å². The predicted molar refractivity (Wildman–Crippen MR) is 67.9 cm³/mol. The molecule has 0 aliphatic rings. The fraction of sp³-hybridized carbons (Fsp3) is 0.385. The van der Waals surface area contributed by atoms with Crippen molar-refractivity contribution >= 4 is 11.6 Å². The molecule has 0 aliphatic carbocycles. The largest absolute Gasteiger partial charge is 0.417 e. The highest BCUT2D eigenvalue weighted by atomic mass is 19.4. The third kappa shape index (κ3) is 3.63. The number of nitrogens with one attached hydrogen (secondary N) is 1. The van der Waals surface area contributed by atoms with Crippen molar-refractivity contribution in [3.63, 3.8) is 0 Å². The first-order valence-electron chi connectivity index (χ1n) is 5.76. The van der Waals surface area contributed by atoms with Gasteiger partial charge in [0.1, 0.15) is 6.04 Å². The molecule has 0 aliphatic heterocycles. The zero-order chi connectivity index (χ0) is 15.5. The van der Waals surface area contributed by atoms with Crippen molar-refractivity contribution in [3.05, 3.63) is 29.3 Å². The molecule has 7 heteroatoms. The lowest BCUT2D eigenvalue weighted by Crippen LogP contribution is -2.36. The van der Waals surface area contributed by atoms with E-state index in [0.717, 1.165) is 12.1 Å². The molecule has 0 radical (unpaired) electrons. The number of halogens is 3. The van der Waals surface area contributed by atoms with Crippen LogP contribution in [0.2, 0.25) is 0 Å². The van der Waals surface area contributed by atoms with E-state index < -0.39 is 23.3 Å². The standard InChI is InChI=1S/C13H14F3N3O/c1-8(12(20)19(2)3)18-10-4-5-11(13(14,15)16)9(6-10)7-17/h4-6,8,18H,1-3H3/t8-/m0/s1. The summed E-state index contributed by atoms with van der Waals surface area (Å²) in [6, 6.07) is 4.02. The van der Waals surface area contributed by atoms with Crippen molar-refractivity contribution in [1.82, 2.24) is 4.90 Å². The fourth-order valence-electron chi connectivity index (χ4n) is 1.67. The molecule has 0 unspecified atom stereocenters. The molecule has 0 saturated heterocycles. The summed E-state index contributed by atoms with van der Waals surface area (Å²) in [6.07, 6.45) is -4.57. The van der Waals surface area contributed by atoms with E-state index in [0.29, 0.717) is 0 Å². The third-order valence-corrected chi connectivity index (χ3v) is 2.64. The van der Waals surface area contributed by atoms with Crippen molar-refractivity contribution in [2.24, 2.45) is 0 Å². The number of hydrogen-bond donors (Lipinski definition) is 1. The van der Waals surface area contributed by atoms with E-state index in [-0.39, 0.29) is 11.6 Å². The minimum absolute atomic E-state index is 0.219. The van der Waals surface area contributed by atoms with E-state index in [2.05, 4.69) is 5.32 Å². The Kier molecular flexibility index (Phi) is 4.61. The molecule has 1 N–H and O–H groups in total. The van der Waals surface area contributed by atoms with Crippen molar-refractivity contribution < 1.29 is 18.0 Å². The number of rotatable bonds is 3. The number of carbonyl (C=O) groups excluding carboxylic acids is 1. The highest BCUT2D eigenvalue weighted by Crippen LogP contribution is 2.33. The highest BCUT2D eigenvalue weighted by molar-refractivity contribution is 5.83. The first-order valence-corrected chi connectivity index (χ1v) is 5.76. The van der Waals surface area contributed by atoms with Gasteiger partial charge in [0.05, 0.1) is 17.2 Å². The van der Waals surface area contributed by atoms with Gasteiger partial charge < -0.3 is 10.2 Å². The van der Waals surface area contributed by atoms with Crippen LogP contribution < -0.4 is 5.32 Å². The van der Waals surface area contributed by atoms with Crippen LogP contribution in [0, 0.1) is 11.3 Å². The quantitative estimate of drug-likeness (QED) is 0.928. The molecule has 0 bridgehead atoms. The molecule has 0 heterocycles. The van der Waals surface area contributed by atoms with Gasteiger partial charge in [-0.25, -0.2) is 0 Å². The van der Waals surface area contributed by atoms with Crippen LogP contribution in [0.5, 0.6) is 0 Å². The first kappa shape index (κ1) is 15.8. The molecule has 1 rings (SSSR count). The van der Waals surface area contributed by atoms with Gasteiger partial charge in [0, 0.05) is 19.8 Å². The maximum absolute atomic E-state index is 12.6. The van der Waals surface area contributed by atoms with Crippen LogP contribution in [0.15, 0.2) is 18.2 Å². The number of anilines is 1. The molecule has 1 amide bonds. The summed E-state index contributed by atoms with van der Waals surface area (Å²) in [5.74, 6) is -0.219. The molecular weight excluding hydrogens is 271 g/mol. The van der Waals surface area contributed by atoms with Crippen LogP contribution in [0.25, 0.3) is 0 Å². The molecule has 0 fully saturated rings. The SMILES string of the molecule is C[C@H](Nc1ccc(C(F)(F)F)c(C#N)c1)C(=O)N(C)C. The normalized spacial score (nSPS) is 12.4. The topological polar surface area (TPSA) is 56.1 Å². The molecule has 1 aromatic carbocycles. The number of likely N-dealkylation sites (N-methyl/N-ethyl adjacent to an activating group) is 1. The highest BCUT2D eigenvalue weighted by Gasteiger charge is 2.33. The van der Waals surface area contributed by atoms with E-state index in [1.54, 1.807) is 21.0 Å². The number of nitrogens with zero attached hydrogens (tertiary/aromatic N) is 2. The van der Waals surface area contributed by atoms with Crippen LogP contribution in [-0.2, 0) is 11.0 Å². The maximum Gasteiger partial charge on any atom is 0.417 e. The molecule has 20 heavy (non-hydrogen) atoms. The minimum Gasteiger partial charge on any atom is -0.374 e. The lowest BCUT2D eigenvalue weighted by molar-refractivity contribution is -0.137. The Hall–Kier alpha value is -2.23. The summed E-state index contributed by atoms with van der Waals surface area (Å²) in [5.41, 5.74) is -1.18. The van der Waals surface area contributed by atoms with Gasteiger partial charge in [0.25, 0.3) is 0 Å². The van der Waals surface area contributed by atoms with Crippen molar-refractivity contribution in [2.75, 3.05) is 19.4 Å². The van der Waals surface area contributed by atoms with Crippen LogP contribution >= 0.6 is 0 Å². The smallest absolute Gasteiger partial charge is 0.374 e. The number of nitriles is 1. The van der Waals surface area contributed by atoms with E-state index >= 15 is 0 Å².